The molecule has 1 rings (SSSR count). The number of nitrogens with one attached hydrogen (secondary N) is 1. The average Bonchev–Trinajstić information content (AvgIpc) is 2.28. The van der Waals surface area contributed by atoms with E-state index in [2.05, 4.69) is 17.5 Å². The lowest BCUT2D eigenvalue weighted by Crippen LogP contribution is -2.34. The van der Waals surface area contributed by atoms with Crippen LogP contribution in [0.15, 0.2) is 18.2 Å². The van der Waals surface area contributed by atoms with Crippen molar-refractivity contribution in [2.24, 2.45) is 5.73 Å². The molecule has 0 heterocycles. The molecule has 0 saturated heterocycles. The molecular weight excluding hydrogens is 258 g/mol. The number of nitrogens with zero attached hydrogens (tertiary/aromatic N) is 1. The first kappa shape index (κ1) is 13.8. The maximum atomic E-state index is 11.6. The molecule has 0 aliphatic heterocycles. The van der Waals surface area contributed by atoms with Crippen molar-refractivity contribution < 1.29 is 14.5 Å². The molecule has 0 bridgehead atoms. The van der Waals surface area contributed by atoms with Crippen LogP contribution in [0.2, 0.25) is 0 Å². The van der Waals surface area contributed by atoms with E-state index in [0.717, 1.165) is 6.07 Å². The molecule has 0 fully saturated rings. The molecule has 8 heteroatoms. The fourth-order valence-electron chi connectivity index (χ4n) is 1.26. The molecule has 7 nitrogen and oxygen atoms in total. The van der Waals surface area contributed by atoms with Gasteiger partial charge in [-0.3, -0.25) is 20.2 Å². The Morgan fingerprint density at radius 3 is 2.78 bits per heavy atom. The summed E-state index contributed by atoms with van der Waals surface area (Å²) in [5.74, 6) is -0.497. The number of amides is 1. The van der Waals surface area contributed by atoms with E-state index < -0.39 is 10.8 Å². The SMILES string of the molecule is CCOc1ccc(C(=O)NC(N)=S)cc1[N+](=O)[O-]. The fourth-order valence-corrected chi connectivity index (χ4v) is 1.36. The molecule has 0 spiro atoms. The van der Waals surface area contributed by atoms with Crippen LogP contribution in [0.5, 0.6) is 5.75 Å². The number of rotatable bonds is 4. The smallest absolute Gasteiger partial charge is 0.311 e. The van der Waals surface area contributed by atoms with Gasteiger partial charge >= 0.3 is 5.69 Å². The molecule has 0 atom stereocenters. The second-order valence-corrected chi connectivity index (χ2v) is 3.63. The Labute approximate surface area is 108 Å². The first-order chi connectivity index (χ1) is 8.45. The molecule has 0 radical (unpaired) electrons. The molecule has 0 aliphatic carbocycles. The van der Waals surface area contributed by atoms with E-state index in [1.54, 1.807) is 6.92 Å². The van der Waals surface area contributed by atoms with Crippen LogP contribution >= 0.6 is 12.2 Å². The maximum absolute atomic E-state index is 11.6. The Morgan fingerprint density at radius 2 is 2.28 bits per heavy atom. The van der Waals surface area contributed by atoms with Gasteiger partial charge in [-0.25, -0.2) is 0 Å². The minimum atomic E-state index is -0.622. The van der Waals surface area contributed by atoms with Gasteiger partial charge in [-0.15, -0.1) is 0 Å². The minimum Gasteiger partial charge on any atom is -0.487 e. The van der Waals surface area contributed by atoms with Crippen molar-refractivity contribution in [2.75, 3.05) is 6.61 Å². The lowest BCUT2D eigenvalue weighted by molar-refractivity contribution is -0.385. The summed E-state index contributed by atoms with van der Waals surface area (Å²) >= 11 is 4.51. The van der Waals surface area contributed by atoms with Gasteiger partial charge in [-0.2, -0.15) is 0 Å². The highest BCUT2D eigenvalue weighted by atomic mass is 32.1. The molecule has 18 heavy (non-hydrogen) atoms. The third kappa shape index (κ3) is 3.39. The zero-order valence-electron chi connectivity index (χ0n) is 9.50. The summed E-state index contributed by atoms with van der Waals surface area (Å²) in [5, 5.41) is 12.8. The van der Waals surface area contributed by atoms with Crippen molar-refractivity contribution in [3.8, 4) is 5.75 Å². The molecule has 0 aliphatic rings. The van der Waals surface area contributed by atoms with E-state index in [1.165, 1.54) is 12.1 Å². The number of thiocarbonyl (C=S) groups is 1. The van der Waals surface area contributed by atoms with Gasteiger partial charge in [0.2, 0.25) is 0 Å². The number of carbonyl (C=O) groups excluding carboxylic acids is 1. The van der Waals surface area contributed by atoms with E-state index in [9.17, 15) is 14.9 Å². The third-order valence-corrected chi connectivity index (χ3v) is 2.06. The zero-order valence-corrected chi connectivity index (χ0v) is 10.3. The van der Waals surface area contributed by atoms with Crippen LogP contribution in [-0.4, -0.2) is 22.5 Å². The van der Waals surface area contributed by atoms with Gasteiger partial charge in [0.05, 0.1) is 11.5 Å². The minimum absolute atomic E-state index is 0.0814. The summed E-state index contributed by atoms with van der Waals surface area (Å²) in [6, 6.07) is 3.86. The van der Waals surface area contributed by atoms with Crippen molar-refractivity contribution in [1.82, 2.24) is 5.32 Å². The molecule has 0 aromatic heterocycles. The Bertz CT molecular complexity index is 504. The van der Waals surface area contributed by atoms with Gasteiger partial charge in [0.25, 0.3) is 5.91 Å². The van der Waals surface area contributed by atoms with Gasteiger partial charge in [0, 0.05) is 11.6 Å². The van der Waals surface area contributed by atoms with Crippen molar-refractivity contribution in [2.45, 2.75) is 6.92 Å². The van der Waals surface area contributed by atoms with Gasteiger partial charge in [0.1, 0.15) is 0 Å². The number of ether oxygens (including phenoxy) is 1. The summed E-state index contributed by atoms with van der Waals surface area (Å²) in [4.78, 5) is 21.8. The lowest BCUT2D eigenvalue weighted by atomic mass is 10.1. The second kappa shape index (κ2) is 5.92. The number of nitrogens with two attached hydrogens (primary N) is 1. The molecular formula is C10H11N3O4S. The van der Waals surface area contributed by atoms with E-state index in [0.29, 0.717) is 6.61 Å². The third-order valence-electron chi connectivity index (χ3n) is 1.95. The van der Waals surface area contributed by atoms with Gasteiger partial charge < -0.3 is 10.5 Å². The molecule has 1 aromatic carbocycles. The number of hydrogen-bond donors (Lipinski definition) is 2. The van der Waals surface area contributed by atoms with Crippen LogP contribution in [0.3, 0.4) is 0 Å². The van der Waals surface area contributed by atoms with Crippen molar-refractivity contribution in [3.63, 3.8) is 0 Å². The van der Waals surface area contributed by atoms with E-state index in [4.69, 9.17) is 10.5 Å². The Hall–Kier alpha value is -2.22. The van der Waals surface area contributed by atoms with Gasteiger partial charge in [-0.1, -0.05) is 0 Å². The van der Waals surface area contributed by atoms with E-state index >= 15 is 0 Å². The van der Waals surface area contributed by atoms with Crippen molar-refractivity contribution in [3.05, 3.63) is 33.9 Å². The largest absolute Gasteiger partial charge is 0.487 e. The molecule has 3 N–H and O–H groups in total. The van der Waals surface area contributed by atoms with Crippen molar-refractivity contribution >= 4 is 28.9 Å². The fraction of sp³-hybridized carbons (Fsp3) is 0.200. The molecule has 0 unspecified atom stereocenters. The number of carbonyl (C=O) groups is 1. The Morgan fingerprint density at radius 1 is 1.61 bits per heavy atom. The number of nitro benzene ring substituents is 1. The van der Waals surface area contributed by atoms with Crippen LogP contribution in [0.25, 0.3) is 0 Å². The number of hydrogen-bond acceptors (Lipinski definition) is 5. The predicted molar refractivity (Wildman–Crippen MR) is 68.5 cm³/mol. The second-order valence-electron chi connectivity index (χ2n) is 3.19. The zero-order chi connectivity index (χ0) is 13.7. The molecule has 1 aromatic rings. The average molecular weight is 269 g/mol. The maximum Gasteiger partial charge on any atom is 0.311 e. The van der Waals surface area contributed by atoms with Gasteiger partial charge in [-0.05, 0) is 31.3 Å². The number of benzene rings is 1. The van der Waals surface area contributed by atoms with Crippen LogP contribution in [0, 0.1) is 10.1 Å². The molecule has 96 valence electrons. The van der Waals surface area contributed by atoms with Crippen LogP contribution in [0.4, 0.5) is 5.69 Å². The van der Waals surface area contributed by atoms with Gasteiger partial charge in [0.15, 0.2) is 10.9 Å². The normalized spacial score (nSPS) is 9.61. The topological polar surface area (TPSA) is 107 Å². The summed E-state index contributed by atoms with van der Waals surface area (Å²) in [7, 11) is 0. The summed E-state index contributed by atoms with van der Waals surface area (Å²) in [5.41, 5.74) is 4.94. The molecule has 1 amide bonds. The van der Waals surface area contributed by atoms with E-state index in [-0.39, 0.29) is 22.1 Å². The lowest BCUT2D eigenvalue weighted by Gasteiger charge is -2.06. The highest BCUT2D eigenvalue weighted by Gasteiger charge is 2.18. The highest BCUT2D eigenvalue weighted by molar-refractivity contribution is 7.80. The monoisotopic (exact) mass is 269 g/mol. The molecule has 0 saturated carbocycles. The first-order valence-corrected chi connectivity index (χ1v) is 5.38. The summed E-state index contributed by atoms with van der Waals surface area (Å²) < 4.78 is 5.09. The van der Waals surface area contributed by atoms with Crippen molar-refractivity contribution in [1.29, 1.82) is 0 Å². The first-order valence-electron chi connectivity index (χ1n) is 4.97. The number of nitro groups is 1. The summed E-state index contributed by atoms with van der Waals surface area (Å²) in [6.07, 6.45) is 0. The van der Waals surface area contributed by atoms with Crippen LogP contribution in [0.1, 0.15) is 17.3 Å². The quantitative estimate of drug-likeness (QED) is 0.479. The van der Waals surface area contributed by atoms with Crippen LogP contribution in [-0.2, 0) is 0 Å². The highest BCUT2D eigenvalue weighted by Crippen LogP contribution is 2.27. The van der Waals surface area contributed by atoms with E-state index in [1.807, 2.05) is 0 Å². The Kier molecular flexibility index (Phi) is 4.55. The standard InChI is InChI=1S/C10H11N3O4S/c1-2-17-8-4-3-6(5-7(8)13(15)16)9(14)12-10(11)18/h3-5H,2H2,1H3,(H3,11,12,14,18). The predicted octanol–water partition coefficient (Wildman–Crippen LogP) is 0.967. The Balaban J connectivity index is 3.10. The van der Waals surface area contributed by atoms with Crippen LogP contribution < -0.4 is 15.8 Å². The summed E-state index contributed by atoms with van der Waals surface area (Å²) in [6.45, 7) is 2.00.